The van der Waals surface area contributed by atoms with Gasteiger partial charge in [0.25, 0.3) is 0 Å². The van der Waals surface area contributed by atoms with Crippen molar-refractivity contribution >= 4 is 39.6 Å². The molecule has 12 nitrogen and oxygen atoms in total. The lowest BCUT2D eigenvalue weighted by molar-refractivity contribution is -0.148. The van der Waals surface area contributed by atoms with Gasteiger partial charge < -0.3 is 34.4 Å². The van der Waals surface area contributed by atoms with E-state index >= 15 is 0 Å². The quantitative estimate of drug-likeness (QED) is 0.0888. The highest BCUT2D eigenvalue weighted by atomic mass is 79.9. The van der Waals surface area contributed by atoms with Crippen molar-refractivity contribution in [1.29, 1.82) is 0 Å². The molecule has 5 rings (SSSR count). The highest BCUT2D eigenvalue weighted by Gasteiger charge is 2.76. The van der Waals surface area contributed by atoms with Crippen LogP contribution in [0.4, 0.5) is 0 Å². The molecule has 1 unspecified atom stereocenters. The van der Waals surface area contributed by atoms with Crippen LogP contribution in [0.2, 0.25) is 0 Å². The fourth-order valence-electron chi connectivity index (χ4n) is 8.05. The number of nitrogens with zero attached hydrogens (tertiary/aromatic N) is 3. The van der Waals surface area contributed by atoms with Crippen LogP contribution in [0.1, 0.15) is 56.6 Å². The molecule has 1 spiro atoms. The number of carbonyl (C=O) groups is 4. The molecule has 3 amide bonds. The maximum atomic E-state index is 14.8. The highest BCUT2D eigenvalue weighted by molar-refractivity contribution is 9.09. The first-order valence-electron chi connectivity index (χ1n) is 18.3. The van der Waals surface area contributed by atoms with Crippen molar-refractivity contribution in [1.82, 2.24) is 20.0 Å². The van der Waals surface area contributed by atoms with Crippen molar-refractivity contribution in [2.75, 3.05) is 65.7 Å². The molecule has 1 aromatic rings. The number of benzene rings is 1. The van der Waals surface area contributed by atoms with Gasteiger partial charge in [0.15, 0.2) is 0 Å². The number of aliphatic hydroxyl groups is 1. The van der Waals surface area contributed by atoms with Crippen LogP contribution in [0.5, 0.6) is 0 Å². The van der Waals surface area contributed by atoms with E-state index in [4.69, 9.17) is 14.2 Å². The first-order valence-corrected chi connectivity index (χ1v) is 19.2. The smallest absolute Gasteiger partial charge is 0.306 e. The third-order valence-electron chi connectivity index (χ3n) is 10.6. The molecule has 1 aromatic carbocycles. The first kappa shape index (κ1) is 39.1. The summed E-state index contributed by atoms with van der Waals surface area (Å²) in [5.41, 5.74) is -0.440. The van der Waals surface area contributed by atoms with Gasteiger partial charge >= 0.3 is 5.97 Å². The number of allylic oxidation sites excluding steroid dienone is 1. The molecule has 4 aliphatic heterocycles. The third-order valence-corrected chi connectivity index (χ3v) is 11.4. The molecule has 51 heavy (non-hydrogen) atoms. The zero-order valence-electron chi connectivity index (χ0n) is 29.5. The van der Waals surface area contributed by atoms with E-state index < -0.39 is 41.6 Å². The van der Waals surface area contributed by atoms with E-state index in [1.54, 1.807) is 22.0 Å². The maximum Gasteiger partial charge on any atom is 0.306 e. The number of carbonyl (C=O) groups excluding carboxylic acids is 4. The van der Waals surface area contributed by atoms with Crippen molar-refractivity contribution in [3.8, 4) is 0 Å². The molecule has 4 saturated heterocycles. The minimum absolute atomic E-state index is 0.0772. The second kappa shape index (κ2) is 18.6. The van der Waals surface area contributed by atoms with Gasteiger partial charge in [-0.05, 0) is 31.2 Å². The summed E-state index contributed by atoms with van der Waals surface area (Å²) in [6.45, 7) is 12.2. The second-order valence-corrected chi connectivity index (χ2v) is 15.0. The van der Waals surface area contributed by atoms with Crippen LogP contribution < -0.4 is 5.32 Å². The van der Waals surface area contributed by atoms with Gasteiger partial charge in [-0.2, -0.15) is 0 Å². The summed E-state index contributed by atoms with van der Waals surface area (Å²) in [5.74, 6) is -2.96. The van der Waals surface area contributed by atoms with Gasteiger partial charge in [-0.15, -0.1) is 13.2 Å². The molecule has 4 fully saturated rings. The number of fused-ring (bicyclic) bond motifs is 1. The lowest BCUT2D eigenvalue weighted by atomic mass is 9.70. The Balaban J connectivity index is 1.41. The average molecular weight is 774 g/mol. The number of alkyl halides is 1. The van der Waals surface area contributed by atoms with E-state index in [1.165, 1.54) is 0 Å². The van der Waals surface area contributed by atoms with E-state index in [0.717, 1.165) is 31.5 Å². The summed E-state index contributed by atoms with van der Waals surface area (Å²) >= 11 is 3.77. The summed E-state index contributed by atoms with van der Waals surface area (Å²) in [5, 5.41) is 12.4. The Morgan fingerprint density at radius 1 is 1.10 bits per heavy atom. The normalized spacial score (nSPS) is 27.5. The van der Waals surface area contributed by atoms with Crippen LogP contribution in [0.15, 0.2) is 55.6 Å². The topological polar surface area (TPSA) is 138 Å². The second-order valence-electron chi connectivity index (χ2n) is 13.8. The number of amides is 3. The Kier molecular flexibility index (Phi) is 14.3. The molecule has 0 saturated carbocycles. The van der Waals surface area contributed by atoms with Crippen LogP contribution >= 0.6 is 15.9 Å². The predicted molar refractivity (Wildman–Crippen MR) is 195 cm³/mol. The SMILES string of the molecule is C=CCCC(=O)OC[C@@H](NC(=O)[C@H]1[C@@H]2O[C@@]3(CC2Br)[C@@H]1C(=O)N(CCCCCCO)[C@@H]3C(=O)N(CC=C)CCN1CCOCC1)c1ccccc1. The highest BCUT2D eigenvalue weighted by Crippen LogP contribution is 2.60. The first-order chi connectivity index (χ1) is 24.7. The number of esters is 1. The van der Waals surface area contributed by atoms with E-state index in [9.17, 15) is 24.3 Å². The van der Waals surface area contributed by atoms with Crippen molar-refractivity contribution in [2.24, 2.45) is 11.8 Å². The van der Waals surface area contributed by atoms with Gasteiger partial charge in [0.05, 0.1) is 37.2 Å². The van der Waals surface area contributed by atoms with Crippen molar-refractivity contribution in [3.63, 3.8) is 0 Å². The van der Waals surface area contributed by atoms with Crippen LogP contribution in [-0.4, -0.2) is 132 Å². The molecule has 7 atom stereocenters. The molecule has 0 radical (unpaired) electrons. The number of ether oxygens (including phenoxy) is 3. The molecule has 2 N–H and O–H groups in total. The Hall–Kier alpha value is -3.10. The van der Waals surface area contributed by atoms with Gasteiger partial charge in [0, 0.05) is 57.1 Å². The van der Waals surface area contributed by atoms with E-state index in [0.29, 0.717) is 65.1 Å². The van der Waals surface area contributed by atoms with Gasteiger partial charge in [-0.1, -0.05) is 71.3 Å². The van der Waals surface area contributed by atoms with Crippen LogP contribution in [0.3, 0.4) is 0 Å². The number of aliphatic hydroxyl groups excluding tert-OH is 1. The molecule has 0 aliphatic carbocycles. The number of halogens is 1. The van der Waals surface area contributed by atoms with Gasteiger partial charge in [0.2, 0.25) is 17.7 Å². The van der Waals surface area contributed by atoms with Crippen molar-refractivity contribution < 1.29 is 38.5 Å². The predicted octanol–water partition coefficient (Wildman–Crippen LogP) is 3.00. The van der Waals surface area contributed by atoms with Crippen LogP contribution in [0, 0.1) is 11.8 Å². The molecular weight excluding hydrogens is 720 g/mol. The number of likely N-dealkylation sites (tertiary alicyclic amines) is 1. The number of hydrogen-bond acceptors (Lipinski definition) is 9. The molecule has 2 bridgehead atoms. The zero-order chi connectivity index (χ0) is 36.4. The minimum atomic E-state index is -1.20. The summed E-state index contributed by atoms with van der Waals surface area (Å²) in [6, 6.07) is 7.71. The Morgan fingerprint density at radius 2 is 1.84 bits per heavy atom. The molecule has 4 aliphatic rings. The molecule has 4 heterocycles. The van der Waals surface area contributed by atoms with Crippen molar-refractivity contribution in [2.45, 2.75) is 73.6 Å². The molecular formula is C38H53BrN4O8. The number of unbranched alkanes of at least 4 members (excludes halogenated alkanes) is 3. The Morgan fingerprint density at radius 3 is 2.55 bits per heavy atom. The number of hydrogen-bond donors (Lipinski definition) is 2. The van der Waals surface area contributed by atoms with Gasteiger partial charge in [-0.3, -0.25) is 24.1 Å². The zero-order valence-corrected chi connectivity index (χ0v) is 31.1. The monoisotopic (exact) mass is 772 g/mol. The summed E-state index contributed by atoms with van der Waals surface area (Å²) < 4.78 is 17.8. The lowest BCUT2D eigenvalue weighted by Gasteiger charge is -2.38. The van der Waals surface area contributed by atoms with Crippen LogP contribution in [0.25, 0.3) is 0 Å². The lowest BCUT2D eigenvalue weighted by Crippen LogP contribution is -2.57. The number of morpholine rings is 1. The van der Waals surface area contributed by atoms with Crippen molar-refractivity contribution in [3.05, 3.63) is 61.2 Å². The van der Waals surface area contributed by atoms with Gasteiger partial charge in [-0.25, -0.2) is 0 Å². The van der Waals surface area contributed by atoms with Crippen LogP contribution in [-0.2, 0) is 33.4 Å². The molecule has 0 aromatic heterocycles. The summed E-state index contributed by atoms with van der Waals surface area (Å²) in [4.78, 5) is 61.6. The molecule has 13 heteroatoms. The molecule has 280 valence electrons. The van der Waals surface area contributed by atoms with Gasteiger partial charge in [0.1, 0.15) is 18.2 Å². The largest absolute Gasteiger partial charge is 0.463 e. The standard InChI is InChI=1S/C38H53BrN4O8/c1-3-5-15-30(45)50-26-29(27-13-9-8-10-14-27)40-35(46)31-32-36(47)43(17-11-6-7-12-22-44)34(38(32)25-28(39)33(31)51-38)37(48)42(16-4-2)19-18-41-20-23-49-24-21-41/h3-4,8-10,13-14,28-29,31-34,44H,1-2,5-7,11-12,15-26H2,(H,40,46)/t28?,29-,31-,32+,33-,34-,38+/m1/s1. The fraction of sp³-hybridized carbons (Fsp3) is 0.632. The van der Waals surface area contributed by atoms with E-state index in [-0.39, 0.29) is 42.2 Å². The fourth-order valence-corrected chi connectivity index (χ4v) is 8.99. The van der Waals surface area contributed by atoms with E-state index in [2.05, 4.69) is 39.3 Å². The average Bonchev–Trinajstić information content (AvgIpc) is 3.74. The number of nitrogens with one attached hydrogen (secondary N) is 1. The Bertz CT molecular complexity index is 1380. The summed E-state index contributed by atoms with van der Waals surface area (Å²) in [7, 11) is 0. The van der Waals surface area contributed by atoms with E-state index in [1.807, 2.05) is 30.3 Å². The Labute approximate surface area is 309 Å². The third kappa shape index (κ3) is 8.93. The minimum Gasteiger partial charge on any atom is -0.463 e. The number of rotatable bonds is 20. The summed E-state index contributed by atoms with van der Waals surface area (Å²) in [6.07, 6.45) is 6.70. The maximum absolute atomic E-state index is 14.8.